The molecule has 0 bridgehead atoms. The van der Waals surface area contributed by atoms with Crippen molar-refractivity contribution < 1.29 is 23.9 Å². The van der Waals surface area contributed by atoms with Gasteiger partial charge in [0.05, 0.1) is 35.1 Å². The van der Waals surface area contributed by atoms with Crippen LogP contribution in [0.2, 0.25) is 0 Å². The molecule has 178 valence electrons. The second-order valence-corrected chi connectivity index (χ2v) is 9.47. The molecule has 3 heterocycles. The minimum absolute atomic E-state index is 0.0343. The highest BCUT2D eigenvalue weighted by atomic mass is 32.1. The van der Waals surface area contributed by atoms with Crippen LogP contribution in [-0.4, -0.2) is 47.0 Å². The molecule has 0 spiro atoms. The van der Waals surface area contributed by atoms with Crippen LogP contribution >= 0.6 is 22.7 Å². The number of aryl methyl sites for hydroxylation is 1. The Morgan fingerprint density at radius 2 is 2.03 bits per heavy atom. The molecule has 1 atom stereocenters. The van der Waals surface area contributed by atoms with Crippen molar-refractivity contribution in [1.29, 1.82) is 0 Å². The molecular weight excluding hydrogens is 476 g/mol. The number of benzene rings is 1. The number of carbonyl (C=O) groups excluding carboxylic acids is 3. The summed E-state index contributed by atoms with van der Waals surface area (Å²) in [5.41, 5.74) is 2.68. The first kappa shape index (κ1) is 23.8. The molecule has 1 aromatic carbocycles. The second kappa shape index (κ2) is 10.3. The lowest BCUT2D eigenvalue weighted by Gasteiger charge is -2.33. The number of esters is 1. The predicted molar refractivity (Wildman–Crippen MR) is 130 cm³/mol. The van der Waals surface area contributed by atoms with E-state index >= 15 is 0 Å². The lowest BCUT2D eigenvalue weighted by molar-refractivity contribution is -0.142. The van der Waals surface area contributed by atoms with E-state index in [1.165, 1.54) is 16.2 Å². The molecule has 2 aromatic heterocycles. The van der Waals surface area contributed by atoms with E-state index in [1.807, 2.05) is 37.4 Å². The summed E-state index contributed by atoms with van der Waals surface area (Å²) in [4.78, 5) is 47.8. The van der Waals surface area contributed by atoms with E-state index in [0.29, 0.717) is 35.3 Å². The molecule has 1 N–H and O–H groups in total. The standard InChI is InChI=1S/C23H24N4O5S2/c1-4-18-22(30)27(10-20(28)26-23-25-15(11-34-23)9-21(29)31-5-2)17-8-14(6-7-19(17)32-18)16-12-33-13(3)24-16/h6-8,11-12,18H,4-5,9-10H2,1-3H3,(H,25,26,28). The number of amides is 2. The Balaban J connectivity index is 1.52. The third kappa shape index (κ3) is 5.26. The second-order valence-electron chi connectivity index (χ2n) is 7.55. The van der Waals surface area contributed by atoms with Gasteiger partial charge in [-0.25, -0.2) is 9.97 Å². The van der Waals surface area contributed by atoms with Crippen molar-refractivity contribution >= 4 is 51.3 Å². The summed E-state index contributed by atoms with van der Waals surface area (Å²) in [6.07, 6.45) is -0.150. The lowest BCUT2D eigenvalue weighted by Crippen LogP contribution is -2.48. The number of nitrogens with zero attached hydrogens (tertiary/aromatic N) is 3. The van der Waals surface area contributed by atoms with Crippen molar-refractivity contribution in [3.05, 3.63) is 39.7 Å². The van der Waals surface area contributed by atoms with E-state index in [9.17, 15) is 14.4 Å². The zero-order valence-corrected chi connectivity index (χ0v) is 20.6. The summed E-state index contributed by atoms with van der Waals surface area (Å²) in [6.45, 7) is 5.62. The Morgan fingerprint density at radius 1 is 1.21 bits per heavy atom. The Morgan fingerprint density at radius 3 is 2.74 bits per heavy atom. The monoisotopic (exact) mass is 500 g/mol. The summed E-state index contributed by atoms with van der Waals surface area (Å²) >= 11 is 2.75. The number of hydrogen-bond donors (Lipinski definition) is 1. The summed E-state index contributed by atoms with van der Waals surface area (Å²) in [5, 5.41) is 7.65. The van der Waals surface area contributed by atoms with Gasteiger partial charge in [0, 0.05) is 16.3 Å². The van der Waals surface area contributed by atoms with Gasteiger partial charge >= 0.3 is 5.97 Å². The van der Waals surface area contributed by atoms with Gasteiger partial charge in [0.2, 0.25) is 5.91 Å². The zero-order chi connectivity index (χ0) is 24.2. The minimum Gasteiger partial charge on any atom is -0.478 e. The van der Waals surface area contributed by atoms with Gasteiger partial charge in [-0.1, -0.05) is 6.92 Å². The van der Waals surface area contributed by atoms with Crippen LogP contribution in [-0.2, 0) is 25.5 Å². The Bertz CT molecular complexity index is 1220. The SMILES string of the molecule is CCOC(=O)Cc1csc(NC(=O)CN2C(=O)C(CC)Oc3ccc(-c4csc(C)n4)cc32)n1. The average Bonchev–Trinajstić information content (AvgIpc) is 3.44. The van der Waals surface area contributed by atoms with Crippen LogP contribution in [0.25, 0.3) is 11.3 Å². The van der Waals surface area contributed by atoms with Crippen molar-refractivity contribution in [2.24, 2.45) is 0 Å². The third-order valence-electron chi connectivity index (χ3n) is 5.08. The van der Waals surface area contributed by atoms with Gasteiger partial charge in [0.25, 0.3) is 5.91 Å². The average molecular weight is 501 g/mol. The number of nitrogens with one attached hydrogen (secondary N) is 1. The molecule has 0 saturated heterocycles. The van der Waals surface area contributed by atoms with E-state index < -0.39 is 12.0 Å². The number of ether oxygens (including phenoxy) is 2. The topological polar surface area (TPSA) is 111 Å². The highest BCUT2D eigenvalue weighted by Crippen LogP contribution is 2.38. The van der Waals surface area contributed by atoms with Crippen molar-refractivity contribution in [1.82, 2.24) is 9.97 Å². The first-order chi connectivity index (χ1) is 16.4. The third-order valence-corrected chi connectivity index (χ3v) is 6.66. The number of fused-ring (bicyclic) bond motifs is 1. The zero-order valence-electron chi connectivity index (χ0n) is 19.0. The van der Waals surface area contributed by atoms with Gasteiger partial charge < -0.3 is 14.8 Å². The van der Waals surface area contributed by atoms with Crippen LogP contribution in [0.15, 0.2) is 29.0 Å². The van der Waals surface area contributed by atoms with E-state index in [-0.39, 0.29) is 24.8 Å². The summed E-state index contributed by atoms with van der Waals surface area (Å²) in [5.74, 6) is -0.513. The van der Waals surface area contributed by atoms with Crippen molar-refractivity contribution in [3.63, 3.8) is 0 Å². The molecule has 9 nitrogen and oxygen atoms in total. The number of anilines is 2. The normalized spacial score (nSPS) is 15.0. The Hall–Kier alpha value is -3.31. The lowest BCUT2D eigenvalue weighted by atomic mass is 10.1. The smallest absolute Gasteiger partial charge is 0.311 e. The number of hydrogen-bond acceptors (Lipinski definition) is 9. The van der Waals surface area contributed by atoms with E-state index in [2.05, 4.69) is 15.3 Å². The highest BCUT2D eigenvalue weighted by molar-refractivity contribution is 7.14. The summed E-state index contributed by atoms with van der Waals surface area (Å²) in [7, 11) is 0. The molecule has 11 heteroatoms. The molecule has 1 aliphatic rings. The minimum atomic E-state index is -0.663. The molecule has 0 aliphatic carbocycles. The van der Waals surface area contributed by atoms with Gasteiger partial charge in [0.1, 0.15) is 12.3 Å². The molecule has 34 heavy (non-hydrogen) atoms. The molecule has 0 saturated carbocycles. The number of thiazole rings is 2. The van der Waals surface area contributed by atoms with Crippen LogP contribution in [0.5, 0.6) is 5.75 Å². The molecule has 4 rings (SSSR count). The van der Waals surface area contributed by atoms with Gasteiger partial charge in [0.15, 0.2) is 11.2 Å². The maximum absolute atomic E-state index is 13.1. The van der Waals surface area contributed by atoms with Crippen LogP contribution in [0.3, 0.4) is 0 Å². The fraction of sp³-hybridized carbons (Fsp3) is 0.348. The van der Waals surface area contributed by atoms with Crippen LogP contribution < -0.4 is 15.0 Å². The first-order valence-corrected chi connectivity index (χ1v) is 12.6. The molecule has 3 aromatic rings. The van der Waals surface area contributed by atoms with Gasteiger partial charge in [-0.2, -0.15) is 0 Å². The molecule has 1 aliphatic heterocycles. The largest absolute Gasteiger partial charge is 0.478 e. The van der Waals surface area contributed by atoms with E-state index in [0.717, 1.165) is 16.3 Å². The van der Waals surface area contributed by atoms with E-state index in [1.54, 1.807) is 23.6 Å². The van der Waals surface area contributed by atoms with Gasteiger partial charge in [-0.05, 0) is 38.5 Å². The molecular formula is C23H24N4O5S2. The fourth-order valence-corrected chi connectivity index (χ4v) is 4.86. The summed E-state index contributed by atoms with van der Waals surface area (Å²) < 4.78 is 10.8. The van der Waals surface area contributed by atoms with Gasteiger partial charge in [-0.15, -0.1) is 22.7 Å². The molecule has 2 amide bonds. The number of aromatic nitrogens is 2. The van der Waals surface area contributed by atoms with Gasteiger partial charge in [-0.3, -0.25) is 19.3 Å². The Kier molecular flexibility index (Phi) is 7.23. The molecule has 0 radical (unpaired) electrons. The number of carbonyl (C=O) groups is 3. The van der Waals surface area contributed by atoms with Crippen molar-refractivity contribution in [2.45, 2.75) is 39.7 Å². The van der Waals surface area contributed by atoms with Crippen molar-refractivity contribution in [3.8, 4) is 17.0 Å². The van der Waals surface area contributed by atoms with Crippen LogP contribution in [0.1, 0.15) is 31.0 Å². The Labute approximate surface area is 204 Å². The first-order valence-electron chi connectivity index (χ1n) is 10.8. The number of rotatable bonds is 8. The molecule has 1 unspecified atom stereocenters. The maximum atomic E-state index is 13.1. The van der Waals surface area contributed by atoms with Crippen molar-refractivity contribution in [2.75, 3.05) is 23.4 Å². The quantitative estimate of drug-likeness (QED) is 0.468. The van der Waals surface area contributed by atoms with Crippen LogP contribution in [0.4, 0.5) is 10.8 Å². The predicted octanol–water partition coefficient (Wildman–Crippen LogP) is 3.82. The summed E-state index contributed by atoms with van der Waals surface area (Å²) in [6, 6.07) is 5.53. The molecule has 0 fully saturated rings. The maximum Gasteiger partial charge on any atom is 0.311 e. The fourth-order valence-electron chi connectivity index (χ4n) is 3.51. The highest BCUT2D eigenvalue weighted by Gasteiger charge is 2.35. The van der Waals surface area contributed by atoms with E-state index in [4.69, 9.17) is 9.47 Å². The van der Waals surface area contributed by atoms with Crippen LogP contribution in [0, 0.1) is 6.92 Å².